The van der Waals surface area contributed by atoms with Crippen molar-refractivity contribution >= 4 is 12.4 Å². The molecule has 1 fully saturated rings. The molecule has 1 aliphatic heterocycles. The van der Waals surface area contributed by atoms with Gasteiger partial charge in [0.25, 0.3) is 0 Å². The van der Waals surface area contributed by atoms with Gasteiger partial charge in [-0.15, -0.1) is 12.4 Å². The average Bonchev–Trinajstić information content (AvgIpc) is 2.11. The molecule has 2 atom stereocenters. The first-order valence-corrected chi connectivity index (χ1v) is 3.60. The minimum atomic E-state index is -0.791. The minimum Gasteiger partial charge on any atom is -0.389 e. The summed E-state index contributed by atoms with van der Waals surface area (Å²) < 4.78 is 12.5. The Morgan fingerprint density at radius 3 is 2.27 bits per heavy atom. The maximum Gasteiger partial charge on any atom is 0.114 e. The first-order valence-electron chi connectivity index (χ1n) is 3.60. The van der Waals surface area contributed by atoms with Crippen LogP contribution in [0.25, 0.3) is 0 Å². The van der Waals surface area contributed by atoms with E-state index in [4.69, 9.17) is 0 Å². The van der Waals surface area contributed by atoms with E-state index in [-0.39, 0.29) is 18.4 Å². The van der Waals surface area contributed by atoms with Crippen molar-refractivity contribution in [2.24, 2.45) is 0 Å². The second-order valence-electron chi connectivity index (χ2n) is 3.45. The zero-order chi connectivity index (χ0) is 7.78. The van der Waals surface area contributed by atoms with Crippen LogP contribution >= 0.6 is 12.4 Å². The number of halogens is 2. The van der Waals surface area contributed by atoms with Crippen LogP contribution in [0.15, 0.2) is 0 Å². The van der Waals surface area contributed by atoms with Crippen LogP contribution in [0, 0.1) is 0 Å². The first kappa shape index (κ1) is 11.1. The average molecular weight is 184 g/mol. The predicted molar refractivity (Wildman–Crippen MR) is 44.8 cm³/mol. The summed E-state index contributed by atoms with van der Waals surface area (Å²) in [4.78, 5) is 0. The maximum absolute atomic E-state index is 12.5. The highest BCUT2D eigenvalue weighted by molar-refractivity contribution is 5.85. The Kier molecular flexibility index (Phi) is 3.74. The van der Waals surface area contributed by atoms with E-state index in [1.807, 2.05) is 0 Å². The van der Waals surface area contributed by atoms with Crippen molar-refractivity contribution in [1.29, 1.82) is 0 Å². The molecule has 0 aromatic rings. The van der Waals surface area contributed by atoms with Crippen molar-refractivity contribution in [3.8, 4) is 0 Å². The summed E-state index contributed by atoms with van der Waals surface area (Å²) in [6, 6.07) is -0.0810. The van der Waals surface area contributed by atoms with Crippen molar-refractivity contribution in [1.82, 2.24) is 5.32 Å². The van der Waals surface area contributed by atoms with Crippen molar-refractivity contribution in [3.05, 3.63) is 0 Å². The summed E-state index contributed by atoms with van der Waals surface area (Å²) in [6.07, 6.45) is -0.347. The summed E-state index contributed by atoms with van der Waals surface area (Å²) in [7, 11) is 0. The van der Waals surface area contributed by atoms with E-state index in [1.54, 1.807) is 13.8 Å². The van der Waals surface area contributed by atoms with Crippen molar-refractivity contribution < 1.29 is 9.50 Å². The smallest absolute Gasteiger partial charge is 0.114 e. The Morgan fingerprint density at radius 1 is 1.55 bits per heavy atom. The van der Waals surface area contributed by atoms with Gasteiger partial charge in [0.15, 0.2) is 0 Å². The molecule has 1 heterocycles. The molecule has 0 aliphatic carbocycles. The fraction of sp³-hybridized carbons (Fsp3) is 1.00. The van der Waals surface area contributed by atoms with Crippen LogP contribution in [0.2, 0.25) is 0 Å². The van der Waals surface area contributed by atoms with Crippen LogP contribution < -0.4 is 5.32 Å². The predicted octanol–water partition coefficient (Wildman–Crippen LogP) is 0.879. The Hall–Kier alpha value is 0.140. The summed E-state index contributed by atoms with van der Waals surface area (Å²) in [5, 5.41) is 12.3. The van der Waals surface area contributed by atoms with Gasteiger partial charge in [-0.2, -0.15) is 0 Å². The molecule has 2 N–H and O–H groups in total. The topological polar surface area (TPSA) is 32.3 Å². The highest BCUT2D eigenvalue weighted by atomic mass is 35.5. The second-order valence-corrected chi connectivity index (χ2v) is 3.45. The zero-order valence-corrected chi connectivity index (χ0v) is 7.62. The molecule has 4 heteroatoms. The fourth-order valence-corrected chi connectivity index (χ4v) is 1.23. The molecular formula is C7H15ClFNO. The minimum absolute atomic E-state index is 0. The molecule has 0 aromatic carbocycles. The molecule has 1 saturated heterocycles. The number of hydrogen-bond acceptors (Lipinski definition) is 2. The molecule has 0 spiro atoms. The molecule has 0 aromatic heterocycles. The van der Waals surface area contributed by atoms with Gasteiger partial charge in [0.1, 0.15) is 6.17 Å². The van der Waals surface area contributed by atoms with Crippen molar-refractivity contribution in [2.75, 3.05) is 6.54 Å². The monoisotopic (exact) mass is 183 g/mol. The Balaban J connectivity index is 0.000001000. The lowest BCUT2D eigenvalue weighted by atomic mass is 9.97. The van der Waals surface area contributed by atoms with E-state index in [0.29, 0.717) is 13.0 Å². The van der Waals surface area contributed by atoms with Gasteiger partial charge in [0.2, 0.25) is 0 Å². The SMILES string of the molecule is CC(C)(O)[C@@H]1C[C@H](F)CN1.Cl. The van der Waals surface area contributed by atoms with E-state index in [2.05, 4.69) is 5.32 Å². The third-order valence-corrected chi connectivity index (χ3v) is 1.93. The summed E-state index contributed by atoms with van der Waals surface area (Å²) in [5.41, 5.74) is -0.791. The zero-order valence-electron chi connectivity index (χ0n) is 6.80. The van der Waals surface area contributed by atoms with E-state index in [0.717, 1.165) is 0 Å². The number of hydrogen-bond donors (Lipinski definition) is 2. The number of aliphatic hydroxyl groups is 1. The summed E-state index contributed by atoms with van der Waals surface area (Å²) >= 11 is 0. The van der Waals surface area contributed by atoms with Gasteiger partial charge < -0.3 is 10.4 Å². The van der Waals surface area contributed by atoms with Gasteiger partial charge in [-0.05, 0) is 20.3 Å². The fourth-order valence-electron chi connectivity index (χ4n) is 1.23. The van der Waals surface area contributed by atoms with Gasteiger partial charge in [-0.3, -0.25) is 0 Å². The third kappa shape index (κ3) is 2.93. The van der Waals surface area contributed by atoms with Gasteiger partial charge in [-0.25, -0.2) is 4.39 Å². The van der Waals surface area contributed by atoms with E-state index in [1.165, 1.54) is 0 Å². The summed E-state index contributed by atoms with van der Waals surface area (Å²) in [6.45, 7) is 3.78. The van der Waals surface area contributed by atoms with Crippen LogP contribution in [-0.4, -0.2) is 29.5 Å². The maximum atomic E-state index is 12.5. The molecule has 0 amide bonds. The highest BCUT2D eigenvalue weighted by Gasteiger charge is 2.33. The Labute approximate surface area is 72.6 Å². The number of nitrogens with one attached hydrogen (secondary N) is 1. The van der Waals surface area contributed by atoms with Crippen molar-refractivity contribution in [2.45, 2.75) is 38.1 Å². The largest absolute Gasteiger partial charge is 0.389 e. The van der Waals surface area contributed by atoms with Crippen LogP contribution in [-0.2, 0) is 0 Å². The molecule has 11 heavy (non-hydrogen) atoms. The highest BCUT2D eigenvalue weighted by Crippen LogP contribution is 2.19. The van der Waals surface area contributed by atoms with Crippen molar-refractivity contribution in [3.63, 3.8) is 0 Å². The van der Waals surface area contributed by atoms with Gasteiger partial charge in [0, 0.05) is 12.6 Å². The molecule has 2 nitrogen and oxygen atoms in total. The lowest BCUT2D eigenvalue weighted by molar-refractivity contribution is 0.0429. The summed E-state index contributed by atoms with van der Waals surface area (Å²) in [5.74, 6) is 0. The molecule has 0 unspecified atom stereocenters. The number of alkyl halides is 1. The lowest BCUT2D eigenvalue weighted by Gasteiger charge is -2.24. The molecule has 0 saturated carbocycles. The van der Waals surface area contributed by atoms with Gasteiger partial charge in [0.05, 0.1) is 5.60 Å². The van der Waals surface area contributed by atoms with Gasteiger partial charge >= 0.3 is 0 Å². The molecule has 1 rings (SSSR count). The van der Waals surface area contributed by atoms with E-state index in [9.17, 15) is 9.50 Å². The Bertz CT molecular complexity index is 126. The van der Waals surface area contributed by atoms with Crippen LogP contribution in [0.5, 0.6) is 0 Å². The standard InChI is InChI=1S/C7H14FNO.ClH/c1-7(2,10)6-3-5(8)4-9-6;/h5-6,9-10H,3-4H2,1-2H3;1H/t5-,6-;/m0./s1. The van der Waals surface area contributed by atoms with Gasteiger partial charge in [-0.1, -0.05) is 0 Å². The molecule has 0 radical (unpaired) electrons. The quantitative estimate of drug-likeness (QED) is 0.633. The molecule has 68 valence electrons. The number of rotatable bonds is 1. The third-order valence-electron chi connectivity index (χ3n) is 1.93. The van der Waals surface area contributed by atoms with E-state index >= 15 is 0 Å². The molecular weight excluding hydrogens is 169 g/mol. The van der Waals surface area contributed by atoms with Crippen LogP contribution in [0.3, 0.4) is 0 Å². The normalized spacial score (nSPS) is 31.6. The van der Waals surface area contributed by atoms with E-state index < -0.39 is 11.8 Å². The first-order chi connectivity index (χ1) is 4.50. The van der Waals surface area contributed by atoms with Crippen LogP contribution in [0.4, 0.5) is 4.39 Å². The van der Waals surface area contributed by atoms with Crippen LogP contribution in [0.1, 0.15) is 20.3 Å². The lowest BCUT2D eigenvalue weighted by Crippen LogP contribution is -2.42. The molecule has 0 bridgehead atoms. The molecule has 1 aliphatic rings. The second kappa shape index (κ2) is 3.70. The Morgan fingerprint density at radius 2 is 2.09 bits per heavy atom.